The Kier molecular flexibility index (Phi) is 5.31. The maximum Gasteiger partial charge on any atom is 0.331 e. The van der Waals surface area contributed by atoms with E-state index in [4.69, 9.17) is 9.47 Å². The van der Waals surface area contributed by atoms with Gasteiger partial charge in [0.1, 0.15) is 22.7 Å². The molecule has 0 saturated carbocycles. The number of carbonyl (C=O) groups is 1. The fourth-order valence-corrected chi connectivity index (χ4v) is 3.64. The molecule has 0 bridgehead atoms. The van der Waals surface area contributed by atoms with Crippen LogP contribution in [0.15, 0.2) is 39.2 Å². The van der Waals surface area contributed by atoms with Crippen LogP contribution in [0.3, 0.4) is 0 Å². The second-order valence-corrected chi connectivity index (χ2v) is 6.58. The molecule has 142 valence electrons. The van der Waals surface area contributed by atoms with E-state index in [1.165, 1.54) is 30.1 Å². The van der Waals surface area contributed by atoms with Crippen molar-refractivity contribution in [1.29, 1.82) is 0 Å². The lowest BCUT2D eigenvalue weighted by atomic mass is 10.2. The second kappa shape index (κ2) is 7.67. The zero-order chi connectivity index (χ0) is 19.6. The molecule has 2 heterocycles. The topological polar surface area (TPSA) is 91.6 Å². The fourth-order valence-electron chi connectivity index (χ4n) is 2.80. The molecule has 2 aromatic heterocycles. The number of nitrogens with one attached hydrogen (secondary N) is 1. The summed E-state index contributed by atoms with van der Waals surface area (Å²) in [5, 5.41) is 4.46. The molecule has 1 aromatic carbocycles. The normalized spacial score (nSPS) is 10.8. The lowest BCUT2D eigenvalue weighted by Crippen LogP contribution is -2.40. The first-order valence-corrected chi connectivity index (χ1v) is 9.10. The molecule has 0 atom stereocenters. The first-order chi connectivity index (χ1) is 13.0. The Labute approximate surface area is 158 Å². The standard InChI is InChI=1S/C18H19N3O5S/c1-4-20-17(23)16-13(7-8-27-16)21(18(20)24)10-15(22)19-12-6-5-11(25-2)9-14(12)26-3/h5-9H,4,10H2,1-3H3,(H,19,22). The van der Waals surface area contributed by atoms with Crippen LogP contribution in [0.25, 0.3) is 10.2 Å². The van der Waals surface area contributed by atoms with Crippen LogP contribution in [0.1, 0.15) is 6.92 Å². The number of benzene rings is 1. The van der Waals surface area contributed by atoms with Gasteiger partial charge in [-0.3, -0.25) is 18.7 Å². The summed E-state index contributed by atoms with van der Waals surface area (Å²) in [6.45, 7) is 1.73. The maximum absolute atomic E-state index is 12.6. The summed E-state index contributed by atoms with van der Waals surface area (Å²) in [6, 6.07) is 6.67. The predicted molar refractivity (Wildman–Crippen MR) is 104 cm³/mol. The van der Waals surface area contributed by atoms with E-state index in [1.54, 1.807) is 36.6 Å². The summed E-state index contributed by atoms with van der Waals surface area (Å²) in [7, 11) is 3.02. The molecule has 1 N–H and O–H groups in total. The number of thiophene rings is 1. The van der Waals surface area contributed by atoms with Gasteiger partial charge in [0.25, 0.3) is 5.56 Å². The van der Waals surface area contributed by atoms with Crippen LogP contribution in [0.5, 0.6) is 11.5 Å². The average molecular weight is 389 g/mol. The van der Waals surface area contributed by atoms with Crippen molar-refractivity contribution in [2.75, 3.05) is 19.5 Å². The third-order valence-electron chi connectivity index (χ3n) is 4.14. The number of nitrogens with zero attached hydrogens (tertiary/aromatic N) is 2. The number of methoxy groups -OCH3 is 2. The molecule has 0 spiro atoms. The monoisotopic (exact) mass is 389 g/mol. The lowest BCUT2D eigenvalue weighted by molar-refractivity contribution is -0.116. The molecular formula is C18H19N3O5S. The summed E-state index contributed by atoms with van der Waals surface area (Å²) >= 11 is 1.25. The Hall–Kier alpha value is -3.07. The SMILES string of the molecule is CCn1c(=O)c2sccc2n(CC(=O)Nc2ccc(OC)cc2OC)c1=O. The number of aromatic nitrogens is 2. The zero-order valence-corrected chi connectivity index (χ0v) is 16.0. The maximum atomic E-state index is 12.6. The van der Waals surface area contributed by atoms with E-state index in [1.807, 2.05) is 0 Å². The van der Waals surface area contributed by atoms with Crippen molar-refractivity contribution in [1.82, 2.24) is 9.13 Å². The van der Waals surface area contributed by atoms with E-state index < -0.39 is 11.6 Å². The van der Waals surface area contributed by atoms with Crippen LogP contribution < -0.4 is 26.0 Å². The molecule has 3 aromatic rings. The van der Waals surface area contributed by atoms with E-state index in [0.717, 1.165) is 4.57 Å². The number of hydrogen-bond donors (Lipinski definition) is 1. The largest absolute Gasteiger partial charge is 0.497 e. The van der Waals surface area contributed by atoms with Crippen LogP contribution in [0.4, 0.5) is 5.69 Å². The van der Waals surface area contributed by atoms with Crippen LogP contribution in [-0.2, 0) is 17.9 Å². The first-order valence-electron chi connectivity index (χ1n) is 8.22. The molecule has 0 aliphatic rings. The van der Waals surface area contributed by atoms with Crippen LogP contribution in [0.2, 0.25) is 0 Å². The summed E-state index contributed by atoms with van der Waals surface area (Å²) in [4.78, 5) is 37.5. The molecule has 0 aliphatic carbocycles. The highest BCUT2D eigenvalue weighted by atomic mass is 32.1. The van der Waals surface area contributed by atoms with Gasteiger partial charge in [-0.05, 0) is 30.5 Å². The molecule has 1 amide bonds. The van der Waals surface area contributed by atoms with Gasteiger partial charge in [0.05, 0.1) is 25.4 Å². The zero-order valence-electron chi connectivity index (χ0n) is 15.1. The van der Waals surface area contributed by atoms with Gasteiger partial charge in [0.2, 0.25) is 5.91 Å². The number of rotatable bonds is 6. The van der Waals surface area contributed by atoms with E-state index >= 15 is 0 Å². The number of ether oxygens (including phenoxy) is 2. The minimum absolute atomic E-state index is 0.221. The van der Waals surface area contributed by atoms with Crippen molar-refractivity contribution in [2.45, 2.75) is 20.0 Å². The van der Waals surface area contributed by atoms with Gasteiger partial charge >= 0.3 is 5.69 Å². The molecule has 0 fully saturated rings. The van der Waals surface area contributed by atoms with Crippen molar-refractivity contribution >= 4 is 33.1 Å². The first kappa shape index (κ1) is 18.7. The number of anilines is 1. The summed E-state index contributed by atoms with van der Waals surface area (Å²) in [5.74, 6) is 0.625. The number of hydrogen-bond acceptors (Lipinski definition) is 6. The van der Waals surface area contributed by atoms with Crippen LogP contribution in [-0.4, -0.2) is 29.3 Å². The Morgan fingerprint density at radius 3 is 2.59 bits per heavy atom. The van der Waals surface area contributed by atoms with Crippen LogP contribution >= 0.6 is 11.3 Å². The molecule has 0 unspecified atom stereocenters. The van der Waals surface area contributed by atoms with Crippen molar-refractivity contribution in [2.24, 2.45) is 0 Å². The van der Waals surface area contributed by atoms with Crippen molar-refractivity contribution in [3.8, 4) is 11.5 Å². The van der Waals surface area contributed by atoms with Gasteiger partial charge in [0.15, 0.2) is 0 Å². The highest BCUT2D eigenvalue weighted by molar-refractivity contribution is 7.17. The molecule has 0 aliphatic heterocycles. The number of amides is 1. The fraction of sp³-hybridized carbons (Fsp3) is 0.278. The van der Waals surface area contributed by atoms with E-state index in [0.29, 0.717) is 27.4 Å². The van der Waals surface area contributed by atoms with E-state index in [-0.39, 0.29) is 18.6 Å². The highest BCUT2D eigenvalue weighted by Gasteiger charge is 2.16. The van der Waals surface area contributed by atoms with Gasteiger partial charge in [-0.15, -0.1) is 11.3 Å². The Morgan fingerprint density at radius 1 is 1.15 bits per heavy atom. The summed E-state index contributed by atoms with van der Waals surface area (Å²) < 4.78 is 13.3. The summed E-state index contributed by atoms with van der Waals surface area (Å²) in [5.41, 5.74) is 0.0736. The molecular weight excluding hydrogens is 370 g/mol. The second-order valence-electron chi connectivity index (χ2n) is 5.67. The van der Waals surface area contributed by atoms with Crippen molar-refractivity contribution < 1.29 is 14.3 Å². The molecule has 0 radical (unpaired) electrons. The Balaban J connectivity index is 1.95. The average Bonchev–Trinajstić information content (AvgIpc) is 3.16. The molecule has 9 heteroatoms. The summed E-state index contributed by atoms with van der Waals surface area (Å²) in [6.07, 6.45) is 0. The Bertz CT molecular complexity index is 1110. The van der Waals surface area contributed by atoms with Gasteiger partial charge in [-0.2, -0.15) is 0 Å². The number of carbonyl (C=O) groups excluding carboxylic acids is 1. The highest BCUT2D eigenvalue weighted by Crippen LogP contribution is 2.29. The third-order valence-corrected chi connectivity index (χ3v) is 5.03. The van der Waals surface area contributed by atoms with Gasteiger partial charge in [-0.25, -0.2) is 4.79 Å². The van der Waals surface area contributed by atoms with E-state index in [2.05, 4.69) is 5.32 Å². The van der Waals surface area contributed by atoms with Crippen molar-refractivity contribution in [3.05, 3.63) is 50.5 Å². The Morgan fingerprint density at radius 2 is 1.93 bits per heavy atom. The molecule has 8 nitrogen and oxygen atoms in total. The predicted octanol–water partition coefficient (Wildman–Crippen LogP) is 1.90. The number of fused-ring (bicyclic) bond motifs is 1. The molecule has 3 rings (SSSR count). The van der Waals surface area contributed by atoms with Crippen molar-refractivity contribution in [3.63, 3.8) is 0 Å². The smallest absolute Gasteiger partial charge is 0.331 e. The van der Waals surface area contributed by atoms with Gasteiger partial charge in [-0.1, -0.05) is 0 Å². The third kappa shape index (κ3) is 3.45. The quantitative estimate of drug-likeness (QED) is 0.695. The minimum atomic E-state index is -0.509. The lowest BCUT2D eigenvalue weighted by Gasteiger charge is -2.13. The van der Waals surface area contributed by atoms with E-state index in [9.17, 15) is 14.4 Å². The van der Waals surface area contributed by atoms with Gasteiger partial charge in [0, 0.05) is 12.6 Å². The minimum Gasteiger partial charge on any atom is -0.497 e. The molecule has 27 heavy (non-hydrogen) atoms. The molecule has 0 saturated heterocycles. The van der Waals surface area contributed by atoms with Crippen LogP contribution in [0, 0.1) is 0 Å². The van der Waals surface area contributed by atoms with Gasteiger partial charge < -0.3 is 14.8 Å².